The minimum absolute atomic E-state index is 0.233. The van der Waals surface area contributed by atoms with Crippen LogP contribution < -0.4 is 5.73 Å². The van der Waals surface area contributed by atoms with E-state index in [1.165, 1.54) is 0 Å². The van der Waals surface area contributed by atoms with E-state index in [0.717, 1.165) is 11.1 Å². The number of benzene rings is 1. The third kappa shape index (κ3) is 2.35. The van der Waals surface area contributed by atoms with Gasteiger partial charge in [0.25, 0.3) is 0 Å². The van der Waals surface area contributed by atoms with Crippen molar-refractivity contribution in [3.05, 3.63) is 63.9 Å². The minimum atomic E-state index is -0.233. The molecule has 0 radical (unpaired) electrons. The third-order valence-electron chi connectivity index (χ3n) is 2.35. The van der Waals surface area contributed by atoms with Gasteiger partial charge in [0.2, 0.25) is 0 Å². The van der Waals surface area contributed by atoms with Crippen LogP contribution >= 0.6 is 23.2 Å². The van der Waals surface area contributed by atoms with Gasteiger partial charge in [0.05, 0.1) is 16.1 Å². The van der Waals surface area contributed by atoms with Crippen LogP contribution in [0.5, 0.6) is 0 Å². The molecule has 2 nitrogen and oxygen atoms in total. The van der Waals surface area contributed by atoms with Gasteiger partial charge in [0.1, 0.15) is 0 Å². The molecule has 0 saturated carbocycles. The first-order valence-corrected chi connectivity index (χ1v) is 5.54. The molecule has 0 fully saturated rings. The Morgan fingerprint density at radius 2 is 1.88 bits per heavy atom. The molecule has 16 heavy (non-hydrogen) atoms. The molecule has 1 aromatic carbocycles. The number of hydrogen-bond acceptors (Lipinski definition) is 2. The second-order valence-electron chi connectivity index (χ2n) is 3.44. The van der Waals surface area contributed by atoms with Crippen LogP contribution in [0.2, 0.25) is 10.0 Å². The molecule has 0 aliphatic carbocycles. The van der Waals surface area contributed by atoms with Gasteiger partial charge in [-0.1, -0.05) is 35.3 Å². The van der Waals surface area contributed by atoms with Crippen LogP contribution in [0.1, 0.15) is 17.2 Å². The average molecular weight is 253 g/mol. The second-order valence-corrected chi connectivity index (χ2v) is 4.25. The minimum Gasteiger partial charge on any atom is -0.320 e. The van der Waals surface area contributed by atoms with E-state index in [4.69, 9.17) is 28.9 Å². The monoisotopic (exact) mass is 252 g/mol. The lowest BCUT2D eigenvalue weighted by Crippen LogP contribution is -2.11. The second kappa shape index (κ2) is 4.83. The van der Waals surface area contributed by atoms with E-state index >= 15 is 0 Å². The Labute approximate surface area is 104 Å². The first kappa shape index (κ1) is 11.4. The summed E-state index contributed by atoms with van der Waals surface area (Å²) in [6, 6.07) is 8.94. The molecule has 82 valence electrons. The molecule has 0 bridgehead atoms. The normalized spacial score (nSPS) is 12.4. The molecule has 0 saturated heterocycles. The zero-order valence-electron chi connectivity index (χ0n) is 8.40. The Morgan fingerprint density at radius 1 is 1.06 bits per heavy atom. The summed E-state index contributed by atoms with van der Waals surface area (Å²) in [7, 11) is 0. The largest absolute Gasteiger partial charge is 0.320 e. The van der Waals surface area contributed by atoms with E-state index in [9.17, 15) is 0 Å². The molecule has 0 spiro atoms. The van der Waals surface area contributed by atoms with Gasteiger partial charge in [0.15, 0.2) is 0 Å². The number of rotatable bonds is 2. The molecule has 1 aromatic heterocycles. The Bertz CT molecular complexity index is 486. The number of nitrogens with zero attached hydrogens (tertiary/aromatic N) is 1. The quantitative estimate of drug-likeness (QED) is 0.890. The first-order valence-electron chi connectivity index (χ1n) is 4.79. The zero-order chi connectivity index (χ0) is 11.5. The lowest BCUT2D eigenvalue weighted by molar-refractivity contribution is 0.863. The zero-order valence-corrected chi connectivity index (χ0v) is 9.91. The smallest absolute Gasteiger partial charge is 0.0595 e. The summed E-state index contributed by atoms with van der Waals surface area (Å²) in [6.45, 7) is 0. The van der Waals surface area contributed by atoms with Crippen LogP contribution in [0.4, 0.5) is 0 Å². The fourth-order valence-corrected chi connectivity index (χ4v) is 1.76. The van der Waals surface area contributed by atoms with E-state index in [1.807, 2.05) is 18.2 Å². The van der Waals surface area contributed by atoms with Gasteiger partial charge in [-0.25, -0.2) is 0 Å². The van der Waals surface area contributed by atoms with Crippen LogP contribution in [-0.4, -0.2) is 4.98 Å². The maximum Gasteiger partial charge on any atom is 0.0595 e. The highest BCUT2D eigenvalue weighted by molar-refractivity contribution is 6.42. The highest BCUT2D eigenvalue weighted by atomic mass is 35.5. The van der Waals surface area contributed by atoms with Crippen molar-refractivity contribution < 1.29 is 0 Å². The van der Waals surface area contributed by atoms with Gasteiger partial charge in [-0.2, -0.15) is 0 Å². The molecule has 0 aliphatic rings. The first-order chi connectivity index (χ1) is 7.68. The molecule has 1 heterocycles. The van der Waals surface area contributed by atoms with Crippen molar-refractivity contribution in [3.8, 4) is 0 Å². The van der Waals surface area contributed by atoms with Gasteiger partial charge >= 0.3 is 0 Å². The van der Waals surface area contributed by atoms with Gasteiger partial charge in [-0.3, -0.25) is 4.98 Å². The van der Waals surface area contributed by atoms with E-state index in [0.29, 0.717) is 10.0 Å². The average Bonchev–Trinajstić information content (AvgIpc) is 2.33. The van der Waals surface area contributed by atoms with Crippen molar-refractivity contribution in [2.24, 2.45) is 5.73 Å². The van der Waals surface area contributed by atoms with Crippen molar-refractivity contribution in [1.82, 2.24) is 4.98 Å². The van der Waals surface area contributed by atoms with Gasteiger partial charge in [-0.05, 0) is 29.3 Å². The van der Waals surface area contributed by atoms with E-state index in [1.54, 1.807) is 24.5 Å². The van der Waals surface area contributed by atoms with Gasteiger partial charge in [-0.15, -0.1) is 0 Å². The summed E-state index contributed by atoms with van der Waals surface area (Å²) >= 11 is 11.8. The van der Waals surface area contributed by atoms with Gasteiger partial charge in [0, 0.05) is 12.4 Å². The molecule has 4 heteroatoms. The topological polar surface area (TPSA) is 38.9 Å². The predicted octanol–water partition coefficient (Wildman–Crippen LogP) is 3.44. The molecular weight excluding hydrogens is 243 g/mol. The van der Waals surface area contributed by atoms with Crippen LogP contribution in [0.15, 0.2) is 42.7 Å². The van der Waals surface area contributed by atoms with Gasteiger partial charge < -0.3 is 5.73 Å². The number of halogens is 2. The van der Waals surface area contributed by atoms with E-state index in [2.05, 4.69) is 4.98 Å². The van der Waals surface area contributed by atoms with Crippen molar-refractivity contribution in [3.63, 3.8) is 0 Å². The predicted molar refractivity (Wildman–Crippen MR) is 66.7 cm³/mol. The van der Waals surface area contributed by atoms with Crippen LogP contribution in [0.25, 0.3) is 0 Å². The van der Waals surface area contributed by atoms with Crippen LogP contribution in [0.3, 0.4) is 0 Å². The number of pyridine rings is 1. The maximum absolute atomic E-state index is 6.09. The summed E-state index contributed by atoms with van der Waals surface area (Å²) in [5.41, 5.74) is 7.96. The third-order valence-corrected chi connectivity index (χ3v) is 3.09. The van der Waals surface area contributed by atoms with Crippen molar-refractivity contribution in [2.75, 3.05) is 0 Å². The van der Waals surface area contributed by atoms with Crippen LogP contribution in [-0.2, 0) is 0 Å². The molecule has 0 aliphatic heterocycles. The Hall–Kier alpha value is -1.09. The summed E-state index contributed by atoms with van der Waals surface area (Å²) in [4.78, 5) is 4.03. The highest BCUT2D eigenvalue weighted by Crippen LogP contribution is 2.27. The summed E-state index contributed by atoms with van der Waals surface area (Å²) in [6.07, 6.45) is 3.46. The lowest BCUT2D eigenvalue weighted by atomic mass is 10.0. The summed E-state index contributed by atoms with van der Waals surface area (Å²) in [5.74, 6) is 0. The van der Waals surface area contributed by atoms with Crippen molar-refractivity contribution >= 4 is 23.2 Å². The lowest BCUT2D eigenvalue weighted by Gasteiger charge is -2.12. The number of hydrogen-bond donors (Lipinski definition) is 1. The Morgan fingerprint density at radius 3 is 2.50 bits per heavy atom. The summed E-state index contributed by atoms with van der Waals surface area (Å²) in [5, 5.41) is 1.04. The standard InChI is InChI=1S/C12H10Cl2N2/c13-10-4-3-8(6-11(10)14)12(15)9-2-1-5-16-7-9/h1-7,12H,15H2/t12-/m1/s1. The maximum atomic E-state index is 6.09. The van der Waals surface area contributed by atoms with Crippen LogP contribution in [0, 0.1) is 0 Å². The Balaban J connectivity index is 2.34. The molecule has 2 aromatic rings. The molecular formula is C12H10Cl2N2. The molecule has 0 amide bonds. The van der Waals surface area contributed by atoms with Crippen molar-refractivity contribution in [1.29, 1.82) is 0 Å². The molecule has 1 atom stereocenters. The molecule has 0 unspecified atom stereocenters. The highest BCUT2D eigenvalue weighted by Gasteiger charge is 2.10. The number of nitrogens with two attached hydrogens (primary N) is 1. The molecule has 2 N–H and O–H groups in total. The van der Waals surface area contributed by atoms with E-state index in [-0.39, 0.29) is 6.04 Å². The fraction of sp³-hybridized carbons (Fsp3) is 0.0833. The Kier molecular flexibility index (Phi) is 3.44. The van der Waals surface area contributed by atoms with E-state index < -0.39 is 0 Å². The van der Waals surface area contributed by atoms with Crippen molar-refractivity contribution in [2.45, 2.75) is 6.04 Å². The fourth-order valence-electron chi connectivity index (χ4n) is 1.46. The summed E-state index contributed by atoms with van der Waals surface area (Å²) < 4.78 is 0. The SMILES string of the molecule is N[C@@H](c1cccnc1)c1ccc(Cl)c(Cl)c1. The molecule has 2 rings (SSSR count). The number of aromatic nitrogens is 1.